The van der Waals surface area contributed by atoms with E-state index in [2.05, 4.69) is 20.8 Å². The Hall–Kier alpha value is -3.00. The first-order valence-electron chi connectivity index (χ1n) is 9.28. The summed E-state index contributed by atoms with van der Waals surface area (Å²) >= 11 is 1.53. The van der Waals surface area contributed by atoms with Crippen molar-refractivity contribution in [3.8, 4) is 11.3 Å². The maximum Gasteiger partial charge on any atom is 0.273 e. The van der Waals surface area contributed by atoms with Crippen LogP contribution in [0.2, 0.25) is 0 Å². The Labute approximate surface area is 166 Å². The highest BCUT2D eigenvalue weighted by molar-refractivity contribution is 7.15. The van der Waals surface area contributed by atoms with Gasteiger partial charge in [-0.25, -0.2) is 4.98 Å². The van der Waals surface area contributed by atoms with E-state index >= 15 is 0 Å². The highest BCUT2D eigenvalue weighted by Crippen LogP contribution is 2.28. The van der Waals surface area contributed by atoms with Crippen LogP contribution in [-0.4, -0.2) is 28.5 Å². The summed E-state index contributed by atoms with van der Waals surface area (Å²) in [6.45, 7) is -0.156. The number of amides is 2. The number of hydrogen-bond donors (Lipinski definition) is 2. The number of aryl methyl sites for hydroxylation is 2. The van der Waals surface area contributed by atoms with Crippen LogP contribution in [0.25, 0.3) is 11.3 Å². The normalized spacial score (nSPS) is 13.4. The molecule has 0 spiro atoms. The summed E-state index contributed by atoms with van der Waals surface area (Å²) in [4.78, 5) is 30.1. The van der Waals surface area contributed by atoms with Crippen LogP contribution in [0.1, 0.15) is 40.3 Å². The van der Waals surface area contributed by atoms with Crippen molar-refractivity contribution in [2.45, 2.75) is 32.1 Å². The van der Waals surface area contributed by atoms with Gasteiger partial charge in [-0.15, -0.1) is 11.3 Å². The largest absolute Gasteiger partial charge is 0.355 e. The molecular weight excluding hydrogens is 376 g/mol. The fourth-order valence-electron chi connectivity index (χ4n) is 3.12. The van der Waals surface area contributed by atoms with Crippen molar-refractivity contribution in [2.24, 2.45) is 0 Å². The molecule has 144 valence electrons. The van der Waals surface area contributed by atoms with Crippen molar-refractivity contribution >= 4 is 28.3 Å². The molecule has 1 aromatic carbocycles. The van der Waals surface area contributed by atoms with Gasteiger partial charge in [0.25, 0.3) is 5.91 Å². The Morgan fingerprint density at radius 1 is 1.11 bits per heavy atom. The standard InChI is InChI=1S/C20H20N4O3S/c25-18(23-20-22-14-9-5-2-6-10-17(14)28-20)12-21-19(26)15-11-16(27-24-15)13-7-3-1-4-8-13/h1,3-4,7-8,11H,2,5-6,9-10,12H2,(H,21,26)(H,22,23,25). The van der Waals surface area contributed by atoms with E-state index in [1.807, 2.05) is 30.3 Å². The number of benzene rings is 1. The summed E-state index contributed by atoms with van der Waals surface area (Å²) < 4.78 is 5.21. The molecule has 4 rings (SSSR count). The fourth-order valence-corrected chi connectivity index (χ4v) is 4.18. The maximum atomic E-state index is 12.2. The lowest BCUT2D eigenvalue weighted by Crippen LogP contribution is -2.33. The summed E-state index contributed by atoms with van der Waals surface area (Å²) in [6.07, 6.45) is 5.53. The van der Waals surface area contributed by atoms with Crippen LogP contribution in [0, 0.1) is 0 Å². The number of nitrogens with zero attached hydrogens (tertiary/aromatic N) is 2. The smallest absolute Gasteiger partial charge is 0.273 e. The number of nitrogens with one attached hydrogen (secondary N) is 2. The summed E-state index contributed by atoms with van der Waals surface area (Å²) in [5, 5.41) is 9.70. The van der Waals surface area contributed by atoms with E-state index in [1.165, 1.54) is 29.1 Å². The molecule has 2 aromatic heterocycles. The molecule has 0 saturated heterocycles. The third kappa shape index (κ3) is 4.28. The third-order valence-electron chi connectivity index (χ3n) is 4.55. The molecule has 2 N–H and O–H groups in total. The van der Waals surface area contributed by atoms with Gasteiger partial charge in [0.1, 0.15) is 0 Å². The quantitative estimate of drug-likeness (QED) is 0.644. The van der Waals surface area contributed by atoms with Crippen molar-refractivity contribution in [2.75, 3.05) is 11.9 Å². The molecule has 0 fully saturated rings. The van der Waals surface area contributed by atoms with Crippen LogP contribution in [0.5, 0.6) is 0 Å². The van der Waals surface area contributed by atoms with Gasteiger partial charge >= 0.3 is 0 Å². The molecule has 28 heavy (non-hydrogen) atoms. The predicted octanol–water partition coefficient (Wildman–Crippen LogP) is 3.44. The van der Waals surface area contributed by atoms with Crippen LogP contribution < -0.4 is 10.6 Å². The fraction of sp³-hybridized carbons (Fsp3) is 0.300. The van der Waals surface area contributed by atoms with Gasteiger partial charge in [-0.3, -0.25) is 9.59 Å². The van der Waals surface area contributed by atoms with E-state index in [1.54, 1.807) is 6.07 Å². The molecule has 0 bridgehead atoms. The summed E-state index contributed by atoms with van der Waals surface area (Å²) in [6, 6.07) is 10.9. The van der Waals surface area contributed by atoms with Crippen LogP contribution in [0.4, 0.5) is 5.13 Å². The molecule has 0 atom stereocenters. The molecule has 0 radical (unpaired) electrons. The molecule has 0 aliphatic heterocycles. The number of hydrogen-bond acceptors (Lipinski definition) is 6. The minimum atomic E-state index is -0.462. The number of anilines is 1. The van der Waals surface area contributed by atoms with Crippen LogP contribution >= 0.6 is 11.3 Å². The van der Waals surface area contributed by atoms with Crippen molar-refractivity contribution in [1.82, 2.24) is 15.5 Å². The molecule has 1 aliphatic carbocycles. The van der Waals surface area contributed by atoms with E-state index < -0.39 is 5.91 Å². The number of rotatable bonds is 5. The second-order valence-electron chi connectivity index (χ2n) is 6.62. The van der Waals surface area contributed by atoms with E-state index in [4.69, 9.17) is 4.52 Å². The first-order chi connectivity index (χ1) is 13.7. The number of aromatic nitrogens is 2. The monoisotopic (exact) mass is 396 g/mol. The molecule has 7 nitrogen and oxygen atoms in total. The van der Waals surface area contributed by atoms with E-state index in [0.717, 1.165) is 30.5 Å². The Kier molecular flexibility index (Phi) is 5.48. The minimum Gasteiger partial charge on any atom is -0.355 e. The SMILES string of the molecule is O=C(CNC(=O)c1cc(-c2ccccc2)on1)Nc1nc2c(s1)CCCCC2. The van der Waals surface area contributed by atoms with Gasteiger partial charge in [-0.2, -0.15) is 0 Å². The molecule has 8 heteroatoms. The van der Waals surface area contributed by atoms with Crippen molar-refractivity contribution in [3.63, 3.8) is 0 Å². The summed E-state index contributed by atoms with van der Waals surface area (Å²) in [5.41, 5.74) is 2.06. The van der Waals surface area contributed by atoms with Gasteiger partial charge in [-0.1, -0.05) is 41.9 Å². The molecule has 2 amide bonds. The molecular formula is C20H20N4O3S. The van der Waals surface area contributed by atoms with Crippen molar-refractivity contribution < 1.29 is 14.1 Å². The van der Waals surface area contributed by atoms with Crippen LogP contribution in [0.3, 0.4) is 0 Å². The van der Waals surface area contributed by atoms with Gasteiger partial charge in [0, 0.05) is 16.5 Å². The van der Waals surface area contributed by atoms with Crippen LogP contribution in [-0.2, 0) is 17.6 Å². The van der Waals surface area contributed by atoms with Gasteiger partial charge in [0.15, 0.2) is 16.6 Å². The minimum absolute atomic E-state index is 0.132. The number of carbonyl (C=O) groups excluding carboxylic acids is 2. The molecule has 1 aliphatic rings. The Morgan fingerprint density at radius 3 is 2.79 bits per heavy atom. The zero-order chi connectivity index (χ0) is 19.3. The van der Waals surface area contributed by atoms with Crippen LogP contribution in [0.15, 0.2) is 40.9 Å². The predicted molar refractivity (Wildman–Crippen MR) is 106 cm³/mol. The third-order valence-corrected chi connectivity index (χ3v) is 5.63. The lowest BCUT2D eigenvalue weighted by atomic mass is 10.1. The Bertz CT molecular complexity index is 957. The topological polar surface area (TPSA) is 97.1 Å². The van der Waals surface area contributed by atoms with Gasteiger partial charge < -0.3 is 15.2 Å². The Balaban J connectivity index is 1.31. The van der Waals surface area contributed by atoms with E-state index in [0.29, 0.717) is 10.9 Å². The zero-order valence-electron chi connectivity index (χ0n) is 15.2. The van der Waals surface area contributed by atoms with Gasteiger partial charge in [0.2, 0.25) is 5.91 Å². The maximum absolute atomic E-state index is 12.2. The molecule has 0 unspecified atom stereocenters. The average Bonchev–Trinajstić information content (AvgIpc) is 3.29. The molecule has 0 saturated carbocycles. The number of thiazole rings is 1. The first-order valence-corrected chi connectivity index (χ1v) is 10.1. The number of carbonyl (C=O) groups is 2. The second kappa shape index (κ2) is 8.35. The average molecular weight is 396 g/mol. The second-order valence-corrected chi connectivity index (χ2v) is 7.71. The van der Waals surface area contributed by atoms with Gasteiger partial charge in [0.05, 0.1) is 12.2 Å². The van der Waals surface area contributed by atoms with E-state index in [-0.39, 0.29) is 18.1 Å². The van der Waals surface area contributed by atoms with Crippen molar-refractivity contribution in [1.29, 1.82) is 0 Å². The summed E-state index contributed by atoms with van der Waals surface area (Å²) in [5.74, 6) is -0.278. The molecule has 2 heterocycles. The first kappa shape index (κ1) is 18.4. The lowest BCUT2D eigenvalue weighted by molar-refractivity contribution is -0.115. The lowest BCUT2D eigenvalue weighted by Gasteiger charge is -2.03. The summed E-state index contributed by atoms with van der Waals surface area (Å²) in [7, 11) is 0. The highest BCUT2D eigenvalue weighted by atomic mass is 32.1. The molecule has 3 aromatic rings. The Morgan fingerprint density at radius 2 is 1.93 bits per heavy atom. The van der Waals surface area contributed by atoms with E-state index in [9.17, 15) is 9.59 Å². The van der Waals surface area contributed by atoms with Gasteiger partial charge in [-0.05, 0) is 25.7 Å². The zero-order valence-corrected chi connectivity index (χ0v) is 16.1. The number of fused-ring (bicyclic) bond motifs is 1. The van der Waals surface area contributed by atoms with Crippen molar-refractivity contribution in [3.05, 3.63) is 52.7 Å². The highest BCUT2D eigenvalue weighted by Gasteiger charge is 2.17.